The van der Waals surface area contributed by atoms with Gasteiger partial charge in [0.2, 0.25) is 0 Å². The molecule has 0 spiro atoms. The summed E-state index contributed by atoms with van der Waals surface area (Å²) in [6.07, 6.45) is 1.67. The number of halogens is 3. The predicted octanol–water partition coefficient (Wildman–Crippen LogP) is 5.05. The number of aromatic amines is 1. The van der Waals surface area contributed by atoms with E-state index in [4.69, 9.17) is 25.8 Å². The molecule has 10 heteroatoms. The van der Waals surface area contributed by atoms with Crippen LogP contribution in [0.2, 0.25) is 5.02 Å². The van der Waals surface area contributed by atoms with Crippen LogP contribution in [-0.2, 0) is 9.47 Å². The van der Waals surface area contributed by atoms with Gasteiger partial charge in [-0.15, -0.1) is 0 Å². The monoisotopic (exact) mass is 498 g/mol. The summed E-state index contributed by atoms with van der Waals surface area (Å²) in [5.74, 6) is -0.996. The Hall–Kier alpha value is -3.11. The first-order valence-electron chi connectivity index (χ1n) is 11.3. The Kier molecular flexibility index (Phi) is 5.64. The maximum atomic E-state index is 14.1. The Morgan fingerprint density at radius 2 is 1.91 bits per heavy atom. The first-order valence-corrected chi connectivity index (χ1v) is 11.6. The summed E-state index contributed by atoms with van der Waals surface area (Å²) in [5, 5.41) is 3.71. The lowest BCUT2D eigenvalue weighted by atomic mass is 10.0. The largest absolute Gasteiger partial charge is 0.449 e. The van der Waals surface area contributed by atoms with E-state index in [1.807, 2.05) is 0 Å². The summed E-state index contributed by atoms with van der Waals surface area (Å²) < 4.78 is 45.0. The summed E-state index contributed by atoms with van der Waals surface area (Å²) >= 11 is 6.50. The highest BCUT2D eigenvalue weighted by atomic mass is 35.5. The fourth-order valence-electron chi connectivity index (χ4n) is 4.65. The minimum Gasteiger partial charge on any atom is -0.449 e. The van der Waals surface area contributed by atoms with Crippen LogP contribution in [0.15, 0.2) is 48.5 Å². The molecule has 35 heavy (non-hydrogen) atoms. The highest BCUT2D eigenvalue weighted by Gasteiger charge is 2.49. The normalized spacial score (nSPS) is 21.5. The summed E-state index contributed by atoms with van der Waals surface area (Å²) in [6.45, 7) is 1.51. The molecule has 6 rings (SSSR count). The molecule has 0 radical (unpaired) electrons. The van der Waals surface area contributed by atoms with Gasteiger partial charge in [-0.25, -0.2) is 13.8 Å². The molecule has 180 valence electrons. The fourth-order valence-corrected chi connectivity index (χ4v) is 4.91. The third kappa shape index (κ3) is 4.14. The van der Waals surface area contributed by atoms with Gasteiger partial charge in [0, 0.05) is 24.0 Å². The molecule has 2 saturated heterocycles. The molecular weight excluding hydrogens is 478 g/mol. The van der Waals surface area contributed by atoms with Gasteiger partial charge in [0.15, 0.2) is 5.65 Å². The number of aromatic nitrogens is 3. The minimum absolute atomic E-state index is 0.0357. The summed E-state index contributed by atoms with van der Waals surface area (Å²) in [6, 6.07) is 12.3. The number of fused-ring (bicyclic) bond motifs is 2. The van der Waals surface area contributed by atoms with Crippen LogP contribution in [0.4, 0.5) is 8.78 Å². The first kappa shape index (κ1) is 22.4. The summed E-state index contributed by atoms with van der Waals surface area (Å²) in [7, 11) is 0. The molecule has 2 N–H and O–H groups in total. The second-order valence-corrected chi connectivity index (χ2v) is 8.94. The SMILES string of the molecule is Fc1ccc(F)c(-c2ccc(-c3nc4nc(OCNC56CCOC5CCO6)[nH]c4cc3Cl)cc2)c1. The van der Waals surface area contributed by atoms with Crippen LogP contribution in [0.3, 0.4) is 0 Å². The van der Waals surface area contributed by atoms with Gasteiger partial charge in [-0.1, -0.05) is 35.9 Å². The van der Waals surface area contributed by atoms with Gasteiger partial charge in [-0.3, -0.25) is 5.32 Å². The molecule has 2 aromatic heterocycles. The number of benzene rings is 2. The van der Waals surface area contributed by atoms with Crippen LogP contribution in [0, 0.1) is 11.6 Å². The van der Waals surface area contributed by atoms with E-state index in [9.17, 15) is 8.78 Å². The smallest absolute Gasteiger partial charge is 0.297 e. The standard InChI is InChI=1S/C25H21ClF2N4O3/c26-18-12-20-23(32-24(30-20)34-13-29-25-8-10-33-21(25)7-9-35-25)31-22(18)15-3-1-14(2-4-15)17-11-16(27)5-6-19(17)28/h1-6,11-12,21,29H,7-10,13H2,(H,30,31,32). The van der Waals surface area contributed by atoms with Crippen molar-refractivity contribution in [1.29, 1.82) is 0 Å². The topological polar surface area (TPSA) is 81.3 Å². The third-order valence-electron chi connectivity index (χ3n) is 6.44. The number of nitrogens with zero attached hydrogens (tertiary/aromatic N) is 2. The van der Waals surface area contributed by atoms with E-state index in [2.05, 4.69) is 20.3 Å². The number of ether oxygens (including phenoxy) is 3. The average molecular weight is 499 g/mol. The van der Waals surface area contributed by atoms with Crippen molar-refractivity contribution in [1.82, 2.24) is 20.3 Å². The highest BCUT2D eigenvalue weighted by Crippen LogP contribution is 2.35. The number of H-pyrrole nitrogens is 1. The molecular formula is C25H21ClF2N4O3. The van der Waals surface area contributed by atoms with Crippen LogP contribution in [0.25, 0.3) is 33.5 Å². The fraction of sp³-hybridized carbons (Fsp3) is 0.280. The molecule has 2 fully saturated rings. The molecule has 2 aliphatic rings. The van der Waals surface area contributed by atoms with Crippen molar-refractivity contribution in [2.45, 2.75) is 24.7 Å². The van der Waals surface area contributed by atoms with Gasteiger partial charge in [0.1, 0.15) is 30.2 Å². The molecule has 2 aromatic carbocycles. The van der Waals surface area contributed by atoms with E-state index in [1.165, 1.54) is 6.07 Å². The zero-order valence-electron chi connectivity index (χ0n) is 18.5. The van der Waals surface area contributed by atoms with Crippen LogP contribution in [0.1, 0.15) is 12.8 Å². The minimum atomic E-state index is -0.501. The zero-order valence-corrected chi connectivity index (χ0v) is 19.2. The molecule has 0 bridgehead atoms. The number of nitrogens with one attached hydrogen (secondary N) is 2. The molecule has 0 amide bonds. The number of hydrogen-bond acceptors (Lipinski definition) is 6. The van der Waals surface area contributed by atoms with Crippen molar-refractivity contribution in [3.8, 4) is 28.4 Å². The molecule has 2 atom stereocenters. The van der Waals surface area contributed by atoms with Gasteiger partial charge in [-0.2, -0.15) is 4.98 Å². The Morgan fingerprint density at radius 1 is 1.09 bits per heavy atom. The van der Waals surface area contributed by atoms with Crippen LogP contribution in [-0.4, -0.2) is 46.7 Å². The Labute approximate surface area is 204 Å². The highest BCUT2D eigenvalue weighted by molar-refractivity contribution is 6.33. The van der Waals surface area contributed by atoms with Crippen molar-refractivity contribution >= 4 is 22.8 Å². The van der Waals surface area contributed by atoms with Crippen LogP contribution >= 0.6 is 11.6 Å². The Balaban J connectivity index is 1.20. The van der Waals surface area contributed by atoms with Crippen molar-refractivity contribution in [2.75, 3.05) is 19.9 Å². The second-order valence-electron chi connectivity index (χ2n) is 8.53. The Bertz CT molecular complexity index is 1390. The van der Waals surface area contributed by atoms with Gasteiger partial charge in [0.05, 0.1) is 29.4 Å². The van der Waals surface area contributed by atoms with Gasteiger partial charge < -0.3 is 19.2 Å². The quantitative estimate of drug-likeness (QED) is 0.362. The van der Waals surface area contributed by atoms with Gasteiger partial charge >= 0.3 is 0 Å². The van der Waals surface area contributed by atoms with Crippen molar-refractivity contribution in [2.24, 2.45) is 0 Å². The Morgan fingerprint density at radius 3 is 2.77 bits per heavy atom. The molecule has 0 saturated carbocycles. The number of rotatable bonds is 6. The lowest BCUT2D eigenvalue weighted by Gasteiger charge is -2.27. The maximum Gasteiger partial charge on any atom is 0.297 e. The lowest BCUT2D eigenvalue weighted by molar-refractivity contribution is -0.0590. The van der Waals surface area contributed by atoms with Gasteiger partial charge in [0.25, 0.3) is 6.01 Å². The molecule has 2 aliphatic heterocycles. The van der Waals surface area contributed by atoms with E-state index < -0.39 is 17.4 Å². The van der Waals surface area contributed by atoms with Crippen molar-refractivity contribution in [3.05, 3.63) is 65.2 Å². The van der Waals surface area contributed by atoms with Crippen LogP contribution in [0.5, 0.6) is 6.01 Å². The average Bonchev–Trinajstić information content (AvgIpc) is 3.54. The number of hydrogen-bond donors (Lipinski definition) is 2. The second kappa shape index (κ2) is 8.83. The molecule has 7 nitrogen and oxygen atoms in total. The van der Waals surface area contributed by atoms with E-state index in [-0.39, 0.29) is 18.4 Å². The van der Waals surface area contributed by atoms with E-state index in [1.54, 1.807) is 30.3 Å². The zero-order chi connectivity index (χ0) is 24.0. The van der Waals surface area contributed by atoms with E-state index in [0.717, 1.165) is 25.0 Å². The van der Waals surface area contributed by atoms with E-state index >= 15 is 0 Å². The molecule has 4 heterocycles. The number of imidazole rings is 1. The molecule has 4 aromatic rings. The first-order chi connectivity index (χ1) is 17.0. The predicted molar refractivity (Wildman–Crippen MR) is 126 cm³/mol. The molecule has 0 aliphatic carbocycles. The number of pyridine rings is 1. The third-order valence-corrected chi connectivity index (χ3v) is 6.72. The van der Waals surface area contributed by atoms with Crippen LogP contribution < -0.4 is 10.1 Å². The summed E-state index contributed by atoms with van der Waals surface area (Å²) in [4.78, 5) is 12.1. The van der Waals surface area contributed by atoms with Crippen molar-refractivity contribution in [3.63, 3.8) is 0 Å². The summed E-state index contributed by atoms with van der Waals surface area (Å²) in [5.41, 5.74) is 2.54. The van der Waals surface area contributed by atoms with Gasteiger partial charge in [-0.05, 0) is 29.8 Å². The van der Waals surface area contributed by atoms with E-state index in [0.29, 0.717) is 52.2 Å². The lowest BCUT2D eigenvalue weighted by Crippen LogP contribution is -2.51. The maximum absolute atomic E-state index is 14.1. The molecule has 2 unspecified atom stereocenters. The van der Waals surface area contributed by atoms with Crippen molar-refractivity contribution < 1.29 is 23.0 Å².